The molecule has 0 fully saturated rings. The van der Waals surface area contributed by atoms with Gasteiger partial charge in [-0.25, -0.2) is 0 Å². The molecule has 0 heterocycles. The van der Waals surface area contributed by atoms with Gasteiger partial charge in [-0.3, -0.25) is 4.79 Å². The van der Waals surface area contributed by atoms with Gasteiger partial charge >= 0.3 is 0 Å². The van der Waals surface area contributed by atoms with Gasteiger partial charge in [-0.2, -0.15) is 0 Å². The maximum atomic E-state index is 10.8. The van der Waals surface area contributed by atoms with Crippen LogP contribution in [0.4, 0.5) is 0 Å². The molecule has 1 rings (SSSR count). The summed E-state index contributed by atoms with van der Waals surface area (Å²) in [7, 11) is 1.59. The smallest absolute Gasteiger partial charge is 0.150 e. The number of ether oxygens (including phenoxy) is 1. The molecule has 0 aromatic heterocycles. The Morgan fingerprint density at radius 2 is 2.29 bits per heavy atom. The molecule has 0 atom stereocenters. The molecule has 0 radical (unpaired) electrons. The van der Waals surface area contributed by atoms with Gasteiger partial charge in [-0.15, -0.1) is 0 Å². The summed E-state index contributed by atoms with van der Waals surface area (Å²) in [5, 5.41) is 0. The molecule has 0 saturated carbocycles. The highest BCUT2D eigenvalue weighted by molar-refractivity contribution is 5.78. The van der Waals surface area contributed by atoms with Gasteiger partial charge in [0.25, 0.3) is 0 Å². The number of benzene rings is 1. The lowest BCUT2D eigenvalue weighted by molar-refractivity contribution is 0.112. The van der Waals surface area contributed by atoms with Gasteiger partial charge in [0.2, 0.25) is 0 Å². The lowest BCUT2D eigenvalue weighted by Gasteiger charge is -2.06. The van der Waals surface area contributed by atoms with Gasteiger partial charge in [-0.1, -0.05) is 18.2 Å². The first-order chi connectivity index (χ1) is 6.67. The molecule has 0 N–H and O–H groups in total. The molecule has 0 saturated heterocycles. The average molecular weight is 190 g/mol. The highest BCUT2D eigenvalue weighted by atomic mass is 16.5. The minimum atomic E-state index is 0.673. The second-order valence-electron chi connectivity index (χ2n) is 3.32. The fourth-order valence-corrected chi connectivity index (χ4v) is 1.30. The van der Waals surface area contributed by atoms with Gasteiger partial charge in [0.05, 0.1) is 7.11 Å². The van der Waals surface area contributed by atoms with Crippen molar-refractivity contribution in [2.75, 3.05) is 7.11 Å². The van der Waals surface area contributed by atoms with Crippen LogP contribution in [-0.2, 0) is 6.42 Å². The van der Waals surface area contributed by atoms with Crippen LogP contribution in [0.5, 0.6) is 5.75 Å². The minimum Gasteiger partial charge on any atom is -0.497 e. The number of carbonyl (C=O) groups excluding carboxylic acids is 1. The maximum Gasteiger partial charge on any atom is 0.150 e. The monoisotopic (exact) mass is 190 g/mol. The van der Waals surface area contributed by atoms with E-state index in [1.54, 1.807) is 13.2 Å². The van der Waals surface area contributed by atoms with E-state index in [4.69, 9.17) is 4.74 Å². The summed E-state index contributed by atoms with van der Waals surface area (Å²) in [4.78, 5) is 10.8. The third-order valence-electron chi connectivity index (χ3n) is 1.97. The van der Waals surface area contributed by atoms with Crippen molar-refractivity contribution in [1.82, 2.24) is 0 Å². The summed E-state index contributed by atoms with van der Waals surface area (Å²) in [6, 6.07) is 5.49. The van der Waals surface area contributed by atoms with Crippen molar-refractivity contribution in [3.8, 4) is 5.75 Å². The lowest BCUT2D eigenvalue weighted by Crippen LogP contribution is -1.94. The highest BCUT2D eigenvalue weighted by Gasteiger charge is 2.03. The Labute approximate surface area is 84.2 Å². The maximum absolute atomic E-state index is 10.8. The predicted octanol–water partition coefficient (Wildman–Crippen LogP) is 2.63. The lowest BCUT2D eigenvalue weighted by atomic mass is 10.0. The minimum absolute atomic E-state index is 0.673. The van der Waals surface area contributed by atoms with E-state index in [-0.39, 0.29) is 0 Å². The van der Waals surface area contributed by atoms with E-state index >= 15 is 0 Å². The van der Waals surface area contributed by atoms with Crippen LogP contribution < -0.4 is 4.74 Å². The highest BCUT2D eigenvalue weighted by Crippen LogP contribution is 2.18. The molecule has 0 unspecified atom stereocenters. The Morgan fingerprint density at radius 1 is 1.57 bits per heavy atom. The van der Waals surface area contributed by atoms with Gasteiger partial charge in [-0.05, 0) is 31.0 Å². The van der Waals surface area contributed by atoms with Crippen LogP contribution in [0.1, 0.15) is 22.8 Å². The number of allylic oxidation sites excluding steroid dienone is 1. The largest absolute Gasteiger partial charge is 0.497 e. The fourth-order valence-electron chi connectivity index (χ4n) is 1.30. The Morgan fingerprint density at radius 3 is 2.79 bits per heavy atom. The average Bonchev–Trinajstić information content (AvgIpc) is 2.17. The second kappa shape index (κ2) is 4.61. The number of hydrogen-bond acceptors (Lipinski definition) is 2. The summed E-state index contributed by atoms with van der Waals surface area (Å²) in [5.74, 6) is 0.706. The molecule has 0 aliphatic rings. The van der Waals surface area contributed by atoms with E-state index in [0.717, 1.165) is 23.8 Å². The summed E-state index contributed by atoms with van der Waals surface area (Å²) < 4.78 is 5.04. The molecule has 2 heteroatoms. The molecular weight excluding hydrogens is 176 g/mol. The third-order valence-corrected chi connectivity index (χ3v) is 1.97. The van der Waals surface area contributed by atoms with E-state index in [1.807, 2.05) is 19.1 Å². The van der Waals surface area contributed by atoms with Crippen LogP contribution in [0.3, 0.4) is 0 Å². The van der Waals surface area contributed by atoms with Crippen LogP contribution in [0.15, 0.2) is 30.4 Å². The SMILES string of the molecule is C=C(C)Cc1ccc(OC)cc1C=O. The third kappa shape index (κ3) is 2.46. The zero-order chi connectivity index (χ0) is 10.6. The Bertz CT molecular complexity index is 353. The van der Waals surface area contributed by atoms with Gasteiger partial charge < -0.3 is 4.74 Å². The van der Waals surface area contributed by atoms with Crippen LogP contribution in [0.25, 0.3) is 0 Å². The molecule has 1 aromatic carbocycles. The van der Waals surface area contributed by atoms with Crippen LogP contribution in [0.2, 0.25) is 0 Å². The van der Waals surface area contributed by atoms with Crippen LogP contribution in [0, 0.1) is 0 Å². The summed E-state index contributed by atoms with van der Waals surface area (Å²) in [6.45, 7) is 5.76. The summed E-state index contributed by atoms with van der Waals surface area (Å²) >= 11 is 0. The summed E-state index contributed by atoms with van der Waals surface area (Å²) in [6.07, 6.45) is 1.58. The van der Waals surface area contributed by atoms with Gasteiger partial charge in [0, 0.05) is 5.56 Å². The molecule has 2 nitrogen and oxygen atoms in total. The van der Waals surface area contributed by atoms with Crippen molar-refractivity contribution < 1.29 is 9.53 Å². The molecule has 1 aromatic rings. The standard InChI is InChI=1S/C12H14O2/c1-9(2)6-10-4-5-12(14-3)7-11(10)8-13/h4-5,7-8H,1,6H2,2-3H3. The van der Waals surface area contributed by atoms with Gasteiger partial charge in [0.1, 0.15) is 12.0 Å². The Kier molecular flexibility index (Phi) is 3.46. The second-order valence-corrected chi connectivity index (χ2v) is 3.32. The van der Waals surface area contributed by atoms with Crippen molar-refractivity contribution in [2.45, 2.75) is 13.3 Å². The van der Waals surface area contributed by atoms with Gasteiger partial charge in [0.15, 0.2) is 0 Å². The number of hydrogen-bond donors (Lipinski definition) is 0. The number of methoxy groups -OCH3 is 1. The van der Waals surface area contributed by atoms with Crippen molar-refractivity contribution in [3.63, 3.8) is 0 Å². The summed E-state index contributed by atoms with van der Waals surface area (Å²) in [5.41, 5.74) is 2.71. The molecule has 0 amide bonds. The molecule has 0 spiro atoms. The molecule has 14 heavy (non-hydrogen) atoms. The molecule has 0 aliphatic carbocycles. The Hall–Kier alpha value is -1.57. The number of carbonyl (C=O) groups is 1. The normalized spacial score (nSPS) is 9.57. The molecular formula is C12H14O2. The first-order valence-electron chi connectivity index (χ1n) is 4.44. The Balaban J connectivity index is 3.04. The van der Waals surface area contributed by atoms with E-state index < -0.39 is 0 Å². The van der Waals surface area contributed by atoms with E-state index in [0.29, 0.717) is 11.3 Å². The van der Waals surface area contributed by atoms with Crippen LogP contribution >= 0.6 is 0 Å². The first kappa shape index (κ1) is 10.5. The van der Waals surface area contributed by atoms with E-state index in [1.165, 1.54) is 0 Å². The van der Waals surface area contributed by atoms with Crippen molar-refractivity contribution in [3.05, 3.63) is 41.5 Å². The fraction of sp³-hybridized carbons (Fsp3) is 0.250. The number of aldehydes is 1. The van der Waals surface area contributed by atoms with E-state index in [2.05, 4.69) is 6.58 Å². The quantitative estimate of drug-likeness (QED) is 0.539. The van der Waals surface area contributed by atoms with Crippen LogP contribution in [-0.4, -0.2) is 13.4 Å². The van der Waals surface area contributed by atoms with Crippen molar-refractivity contribution in [1.29, 1.82) is 0 Å². The zero-order valence-corrected chi connectivity index (χ0v) is 8.54. The van der Waals surface area contributed by atoms with Crippen molar-refractivity contribution >= 4 is 6.29 Å². The van der Waals surface area contributed by atoms with E-state index in [9.17, 15) is 4.79 Å². The molecule has 0 aliphatic heterocycles. The first-order valence-corrected chi connectivity index (χ1v) is 4.44. The predicted molar refractivity (Wildman–Crippen MR) is 56.9 cm³/mol. The number of rotatable bonds is 4. The topological polar surface area (TPSA) is 26.3 Å². The molecule has 74 valence electrons. The van der Waals surface area contributed by atoms with Crippen molar-refractivity contribution in [2.24, 2.45) is 0 Å². The zero-order valence-electron chi connectivity index (χ0n) is 8.54. The molecule has 0 bridgehead atoms.